The molecule has 0 aliphatic carbocycles. The van der Waals surface area contributed by atoms with E-state index in [2.05, 4.69) is 16.9 Å². The molecule has 5 rings (SSSR count). The number of hydrogen-bond donors (Lipinski definition) is 1. The van der Waals surface area contributed by atoms with Gasteiger partial charge in [0.05, 0.1) is 28.7 Å². The number of nitrogens with zero attached hydrogens (tertiary/aromatic N) is 5. The molecule has 3 fully saturated rings. The number of para-hydroxylation sites is 1. The number of benzene rings is 1. The van der Waals surface area contributed by atoms with Gasteiger partial charge in [0, 0.05) is 24.9 Å². The van der Waals surface area contributed by atoms with Crippen LogP contribution in [0.2, 0.25) is 0 Å². The number of fused-ring (bicyclic) bond motifs is 2. The lowest BCUT2D eigenvalue weighted by molar-refractivity contribution is -0.153. The van der Waals surface area contributed by atoms with Crippen LogP contribution in [0, 0.1) is 11.8 Å². The lowest BCUT2D eigenvalue weighted by atomic mass is 9.71. The molecular formula is C27H35N5O5S. The first-order chi connectivity index (χ1) is 18.5. The van der Waals surface area contributed by atoms with E-state index in [0.29, 0.717) is 25.8 Å². The van der Waals surface area contributed by atoms with Crippen molar-refractivity contribution in [2.75, 3.05) is 26.3 Å². The predicted octanol–water partition coefficient (Wildman–Crippen LogP) is 2.22. The van der Waals surface area contributed by atoms with Gasteiger partial charge in [0.25, 0.3) is 0 Å². The number of aliphatic hydroxyl groups is 1. The Morgan fingerprint density at radius 1 is 1.32 bits per heavy atom. The fraction of sp³-hybridized carbons (Fsp3) is 0.593. The molecule has 11 heteroatoms. The van der Waals surface area contributed by atoms with Crippen LogP contribution >= 0.6 is 11.8 Å². The SMILES string of the molecule is C=CCN(Cn1nnc2ccccc21)C(=O)C1N(CCCCCO)C(=O)[C@@H]2[C@H](C(=O)OCC)[C@@H]3CCC12S3. The van der Waals surface area contributed by atoms with Crippen molar-refractivity contribution in [3.05, 3.63) is 36.9 Å². The number of aliphatic hydroxyl groups excluding tert-OH is 1. The van der Waals surface area contributed by atoms with Crippen LogP contribution in [-0.4, -0.2) is 90.0 Å². The van der Waals surface area contributed by atoms with Gasteiger partial charge in [0.15, 0.2) is 0 Å². The van der Waals surface area contributed by atoms with Gasteiger partial charge in [-0.3, -0.25) is 14.4 Å². The first-order valence-electron chi connectivity index (χ1n) is 13.4. The number of rotatable bonds is 12. The van der Waals surface area contributed by atoms with Gasteiger partial charge in [0.2, 0.25) is 11.8 Å². The highest BCUT2D eigenvalue weighted by Gasteiger charge is 2.74. The summed E-state index contributed by atoms with van der Waals surface area (Å²) in [6.45, 7) is 6.84. The summed E-state index contributed by atoms with van der Waals surface area (Å²) >= 11 is 1.63. The van der Waals surface area contributed by atoms with Crippen LogP contribution in [-0.2, 0) is 25.8 Å². The third kappa shape index (κ3) is 4.39. The number of carbonyl (C=O) groups excluding carboxylic acids is 3. The van der Waals surface area contributed by atoms with E-state index in [4.69, 9.17) is 4.74 Å². The lowest BCUT2D eigenvalue weighted by Crippen LogP contribution is -2.55. The Morgan fingerprint density at radius 2 is 2.13 bits per heavy atom. The summed E-state index contributed by atoms with van der Waals surface area (Å²) in [5.41, 5.74) is 1.55. The second-order valence-electron chi connectivity index (χ2n) is 10.2. The molecule has 5 atom stereocenters. The highest BCUT2D eigenvalue weighted by molar-refractivity contribution is 8.02. The van der Waals surface area contributed by atoms with E-state index in [1.807, 2.05) is 24.3 Å². The second kappa shape index (κ2) is 11.1. The smallest absolute Gasteiger partial charge is 0.310 e. The number of unbranched alkanes of at least 4 members (excludes halogenated alkanes) is 2. The quantitative estimate of drug-likeness (QED) is 0.247. The zero-order valence-corrected chi connectivity index (χ0v) is 22.5. The molecule has 2 unspecified atom stereocenters. The number of amides is 2. The van der Waals surface area contributed by atoms with Crippen molar-refractivity contribution in [2.24, 2.45) is 11.8 Å². The van der Waals surface area contributed by atoms with Gasteiger partial charge in [0.1, 0.15) is 18.2 Å². The standard InChI is InChI=1S/C27H35N5O5S/c1-3-14-30(17-32-19-11-7-6-10-18(19)28-29-32)25(35)23-27-13-12-20(38-27)21(26(36)37-4-2)22(27)24(34)31(23)15-8-5-9-16-33/h3,6-7,10-11,20-23,33H,1,4-5,8-9,12-17H2,2H3/t20-,21+,22-,23?,27?/m0/s1. The molecule has 38 heavy (non-hydrogen) atoms. The van der Waals surface area contributed by atoms with E-state index in [-0.39, 0.29) is 49.5 Å². The fourth-order valence-corrected chi connectivity index (χ4v) is 8.68. The molecule has 1 aromatic carbocycles. The van der Waals surface area contributed by atoms with Crippen molar-refractivity contribution in [1.82, 2.24) is 24.8 Å². The van der Waals surface area contributed by atoms with Gasteiger partial charge in [-0.1, -0.05) is 23.4 Å². The van der Waals surface area contributed by atoms with E-state index < -0.39 is 22.6 Å². The molecule has 204 valence electrons. The Bertz CT molecular complexity index is 1220. The monoisotopic (exact) mass is 541 g/mol. The number of carbonyl (C=O) groups is 3. The summed E-state index contributed by atoms with van der Waals surface area (Å²) in [7, 11) is 0. The maximum atomic E-state index is 14.4. The van der Waals surface area contributed by atoms with Crippen molar-refractivity contribution >= 4 is 40.6 Å². The van der Waals surface area contributed by atoms with Crippen LogP contribution in [0.4, 0.5) is 0 Å². The Morgan fingerprint density at radius 3 is 2.89 bits per heavy atom. The van der Waals surface area contributed by atoms with Crippen molar-refractivity contribution in [3.8, 4) is 0 Å². The zero-order valence-electron chi connectivity index (χ0n) is 21.7. The van der Waals surface area contributed by atoms with Gasteiger partial charge in [-0.15, -0.1) is 23.4 Å². The molecule has 0 radical (unpaired) electrons. The zero-order chi connectivity index (χ0) is 26.9. The highest BCUT2D eigenvalue weighted by atomic mass is 32.2. The average Bonchev–Trinajstić information content (AvgIpc) is 3.66. The largest absolute Gasteiger partial charge is 0.466 e. The first-order valence-corrected chi connectivity index (χ1v) is 14.3. The van der Waals surface area contributed by atoms with E-state index in [0.717, 1.165) is 23.9 Å². The molecule has 2 bridgehead atoms. The van der Waals surface area contributed by atoms with E-state index >= 15 is 0 Å². The number of ether oxygens (including phenoxy) is 1. The number of hydrogen-bond acceptors (Lipinski definition) is 8. The molecule has 10 nitrogen and oxygen atoms in total. The number of likely N-dealkylation sites (tertiary alicyclic amines) is 1. The van der Waals surface area contributed by atoms with Crippen molar-refractivity contribution < 1.29 is 24.2 Å². The normalized spacial score (nSPS) is 27.6. The van der Waals surface area contributed by atoms with Gasteiger partial charge in [-0.05, 0) is 51.2 Å². The van der Waals surface area contributed by atoms with E-state index in [1.165, 1.54) is 0 Å². The second-order valence-corrected chi connectivity index (χ2v) is 11.8. The Kier molecular flexibility index (Phi) is 7.76. The lowest BCUT2D eigenvalue weighted by Gasteiger charge is -2.37. The third-order valence-corrected chi connectivity index (χ3v) is 9.99. The molecule has 2 amide bonds. The van der Waals surface area contributed by atoms with Crippen LogP contribution in [0.15, 0.2) is 36.9 Å². The van der Waals surface area contributed by atoms with Gasteiger partial charge in [-0.25, -0.2) is 4.68 Å². The predicted molar refractivity (Wildman–Crippen MR) is 143 cm³/mol. The van der Waals surface area contributed by atoms with Gasteiger partial charge in [-0.2, -0.15) is 0 Å². The molecule has 1 aromatic heterocycles. The molecule has 1 N–H and O–H groups in total. The van der Waals surface area contributed by atoms with Crippen molar-refractivity contribution in [2.45, 2.75) is 61.7 Å². The van der Waals surface area contributed by atoms with E-state index in [9.17, 15) is 19.5 Å². The van der Waals surface area contributed by atoms with Gasteiger partial charge < -0.3 is 19.6 Å². The summed E-state index contributed by atoms with van der Waals surface area (Å²) in [6.07, 6.45) is 5.21. The summed E-state index contributed by atoms with van der Waals surface area (Å²) < 4.78 is 6.41. The van der Waals surface area contributed by atoms with Crippen LogP contribution in [0.3, 0.4) is 0 Å². The highest BCUT2D eigenvalue weighted by Crippen LogP contribution is 2.66. The Labute approximate surface area is 226 Å². The number of thioether (sulfide) groups is 1. The van der Waals surface area contributed by atoms with Crippen LogP contribution < -0.4 is 0 Å². The van der Waals surface area contributed by atoms with Gasteiger partial charge >= 0.3 is 5.97 Å². The fourth-order valence-electron chi connectivity index (χ4n) is 6.48. The van der Waals surface area contributed by atoms with Crippen LogP contribution in [0.5, 0.6) is 0 Å². The summed E-state index contributed by atoms with van der Waals surface area (Å²) in [4.78, 5) is 44.8. The Hall–Kier alpha value is -2.92. The van der Waals surface area contributed by atoms with Crippen molar-refractivity contribution in [1.29, 1.82) is 0 Å². The van der Waals surface area contributed by atoms with E-state index in [1.54, 1.807) is 39.2 Å². The number of esters is 1. The summed E-state index contributed by atoms with van der Waals surface area (Å²) in [5, 5.41) is 17.7. The summed E-state index contributed by atoms with van der Waals surface area (Å²) in [6, 6.07) is 6.87. The van der Waals surface area contributed by atoms with Crippen molar-refractivity contribution in [3.63, 3.8) is 0 Å². The Balaban J connectivity index is 1.48. The minimum atomic E-state index is -0.696. The topological polar surface area (TPSA) is 118 Å². The maximum absolute atomic E-state index is 14.4. The molecule has 3 saturated heterocycles. The molecule has 1 spiro atoms. The number of aromatic nitrogens is 3. The van der Waals surface area contributed by atoms with Crippen LogP contribution in [0.25, 0.3) is 11.0 Å². The molecular weight excluding hydrogens is 506 g/mol. The average molecular weight is 542 g/mol. The maximum Gasteiger partial charge on any atom is 0.310 e. The molecule has 4 heterocycles. The molecule has 3 aliphatic rings. The minimum absolute atomic E-state index is 0.0260. The molecule has 3 aliphatic heterocycles. The first kappa shape index (κ1) is 26.7. The molecule has 2 aromatic rings. The summed E-state index contributed by atoms with van der Waals surface area (Å²) in [5.74, 6) is -1.75. The molecule has 0 saturated carbocycles. The third-order valence-electron chi connectivity index (χ3n) is 8.04. The minimum Gasteiger partial charge on any atom is -0.466 e. The van der Waals surface area contributed by atoms with Crippen LogP contribution in [0.1, 0.15) is 39.0 Å².